The molecule has 0 bridgehead atoms. The maximum absolute atomic E-state index is 11.0. The molecular formula is C10H21NO2S. The molecule has 0 rings (SSSR count). The predicted octanol–water partition coefficient (Wildman–Crippen LogP) is 1.97. The lowest BCUT2D eigenvalue weighted by atomic mass is 9.96. The van der Waals surface area contributed by atoms with E-state index in [1.807, 2.05) is 6.92 Å². The molecule has 0 spiro atoms. The summed E-state index contributed by atoms with van der Waals surface area (Å²) in [5.74, 6) is 0.331. The molecular weight excluding hydrogens is 198 g/mol. The highest BCUT2D eigenvalue weighted by molar-refractivity contribution is 7.98. The molecule has 0 aromatic rings. The number of thioether (sulfide) groups is 1. The molecule has 14 heavy (non-hydrogen) atoms. The van der Waals surface area contributed by atoms with Crippen molar-refractivity contribution in [1.29, 1.82) is 0 Å². The maximum atomic E-state index is 11.0. The first-order valence-corrected chi connectivity index (χ1v) is 6.43. The zero-order chi connectivity index (χ0) is 11.0. The number of carboxylic acid groups (broad SMARTS) is 1. The normalized spacial score (nSPS) is 15.1. The fourth-order valence-corrected chi connectivity index (χ4v) is 1.78. The smallest absolute Gasteiger partial charge is 0.323 e. The van der Waals surface area contributed by atoms with E-state index in [1.54, 1.807) is 18.7 Å². The lowest BCUT2D eigenvalue weighted by molar-refractivity contribution is -0.144. The van der Waals surface area contributed by atoms with E-state index in [4.69, 9.17) is 5.11 Å². The monoisotopic (exact) mass is 219 g/mol. The van der Waals surface area contributed by atoms with Crippen LogP contribution in [0.25, 0.3) is 0 Å². The highest BCUT2D eigenvalue weighted by Gasteiger charge is 2.30. The first-order chi connectivity index (χ1) is 6.56. The van der Waals surface area contributed by atoms with E-state index in [2.05, 4.69) is 11.6 Å². The number of aliphatic carboxylic acids is 1. The second-order valence-electron chi connectivity index (χ2n) is 3.66. The van der Waals surface area contributed by atoms with Gasteiger partial charge in [-0.15, -0.1) is 0 Å². The van der Waals surface area contributed by atoms with Crippen molar-refractivity contribution in [3.8, 4) is 0 Å². The predicted molar refractivity (Wildman–Crippen MR) is 62.0 cm³/mol. The quantitative estimate of drug-likeness (QED) is 0.613. The first kappa shape index (κ1) is 13.8. The molecule has 1 atom stereocenters. The van der Waals surface area contributed by atoms with E-state index in [9.17, 15) is 4.79 Å². The van der Waals surface area contributed by atoms with Crippen molar-refractivity contribution in [2.45, 2.75) is 38.6 Å². The molecule has 1 unspecified atom stereocenters. The first-order valence-electron chi connectivity index (χ1n) is 5.04. The number of carboxylic acids is 1. The Morgan fingerprint density at radius 2 is 2.21 bits per heavy atom. The van der Waals surface area contributed by atoms with Gasteiger partial charge in [0, 0.05) is 0 Å². The third-order valence-electron chi connectivity index (χ3n) is 2.26. The van der Waals surface area contributed by atoms with E-state index in [1.165, 1.54) is 0 Å². The lowest BCUT2D eigenvalue weighted by Gasteiger charge is -2.25. The molecule has 3 nitrogen and oxygen atoms in total. The molecule has 0 heterocycles. The highest BCUT2D eigenvalue weighted by atomic mass is 32.2. The molecule has 0 aliphatic heterocycles. The molecule has 4 heteroatoms. The van der Waals surface area contributed by atoms with Gasteiger partial charge >= 0.3 is 5.97 Å². The molecule has 0 amide bonds. The van der Waals surface area contributed by atoms with Crippen LogP contribution in [-0.4, -0.2) is 35.2 Å². The molecule has 0 saturated carbocycles. The fourth-order valence-electron chi connectivity index (χ4n) is 1.35. The van der Waals surface area contributed by atoms with Gasteiger partial charge in [-0.25, -0.2) is 0 Å². The SMILES string of the molecule is CCCC(C)(NCCCSC)C(=O)O. The Bertz CT molecular complexity index is 176. The summed E-state index contributed by atoms with van der Waals surface area (Å²) in [6, 6.07) is 0. The molecule has 0 aliphatic carbocycles. The number of nitrogens with one attached hydrogen (secondary N) is 1. The van der Waals surface area contributed by atoms with Crippen molar-refractivity contribution in [3.05, 3.63) is 0 Å². The summed E-state index contributed by atoms with van der Waals surface area (Å²) in [6.07, 6.45) is 4.65. The van der Waals surface area contributed by atoms with Crippen LogP contribution >= 0.6 is 11.8 Å². The zero-order valence-electron chi connectivity index (χ0n) is 9.30. The number of carbonyl (C=O) groups is 1. The van der Waals surface area contributed by atoms with Crippen LogP contribution in [0.4, 0.5) is 0 Å². The van der Waals surface area contributed by atoms with Crippen molar-refractivity contribution in [2.75, 3.05) is 18.6 Å². The van der Waals surface area contributed by atoms with Gasteiger partial charge in [0.15, 0.2) is 0 Å². The van der Waals surface area contributed by atoms with Crippen LogP contribution in [0, 0.1) is 0 Å². The molecule has 0 aromatic carbocycles. The standard InChI is InChI=1S/C10H21NO2S/c1-4-6-10(2,9(12)13)11-7-5-8-14-3/h11H,4-8H2,1-3H3,(H,12,13). The van der Waals surface area contributed by atoms with Crippen molar-refractivity contribution in [3.63, 3.8) is 0 Å². The fraction of sp³-hybridized carbons (Fsp3) is 0.900. The van der Waals surface area contributed by atoms with Crippen LogP contribution in [0.1, 0.15) is 33.1 Å². The summed E-state index contributed by atoms with van der Waals surface area (Å²) >= 11 is 1.79. The minimum Gasteiger partial charge on any atom is -0.480 e. The summed E-state index contributed by atoms with van der Waals surface area (Å²) in [5, 5.41) is 12.2. The largest absolute Gasteiger partial charge is 0.480 e. The molecule has 0 saturated heterocycles. The summed E-state index contributed by atoms with van der Waals surface area (Å²) in [4.78, 5) is 11.0. The van der Waals surface area contributed by atoms with E-state index >= 15 is 0 Å². The Hall–Kier alpha value is -0.220. The van der Waals surface area contributed by atoms with Crippen molar-refractivity contribution >= 4 is 17.7 Å². The van der Waals surface area contributed by atoms with Gasteiger partial charge in [0.05, 0.1) is 0 Å². The Morgan fingerprint density at radius 3 is 2.64 bits per heavy atom. The topological polar surface area (TPSA) is 49.3 Å². The zero-order valence-corrected chi connectivity index (χ0v) is 10.1. The summed E-state index contributed by atoms with van der Waals surface area (Å²) in [7, 11) is 0. The van der Waals surface area contributed by atoms with E-state index in [-0.39, 0.29) is 0 Å². The van der Waals surface area contributed by atoms with Gasteiger partial charge < -0.3 is 10.4 Å². The molecule has 0 radical (unpaired) electrons. The van der Waals surface area contributed by atoms with Crippen LogP contribution in [0.15, 0.2) is 0 Å². The Kier molecular flexibility index (Phi) is 7.01. The van der Waals surface area contributed by atoms with Crippen LogP contribution < -0.4 is 5.32 Å². The highest BCUT2D eigenvalue weighted by Crippen LogP contribution is 2.12. The molecule has 0 aromatic heterocycles. The van der Waals surface area contributed by atoms with E-state index in [0.29, 0.717) is 6.42 Å². The van der Waals surface area contributed by atoms with Crippen molar-refractivity contribution in [2.24, 2.45) is 0 Å². The Labute approximate surface area is 90.7 Å². The van der Waals surface area contributed by atoms with Gasteiger partial charge in [0.25, 0.3) is 0 Å². The average Bonchev–Trinajstić information content (AvgIpc) is 2.13. The summed E-state index contributed by atoms with van der Waals surface area (Å²) in [5.41, 5.74) is -0.743. The van der Waals surface area contributed by atoms with Gasteiger partial charge in [-0.3, -0.25) is 4.79 Å². The molecule has 0 fully saturated rings. The van der Waals surface area contributed by atoms with Crippen LogP contribution in [0.5, 0.6) is 0 Å². The van der Waals surface area contributed by atoms with E-state index in [0.717, 1.165) is 25.1 Å². The van der Waals surface area contributed by atoms with Crippen molar-refractivity contribution in [1.82, 2.24) is 5.32 Å². The number of hydrogen-bond acceptors (Lipinski definition) is 3. The van der Waals surface area contributed by atoms with Gasteiger partial charge in [0.1, 0.15) is 5.54 Å². The van der Waals surface area contributed by atoms with Gasteiger partial charge in [-0.1, -0.05) is 13.3 Å². The molecule has 2 N–H and O–H groups in total. The van der Waals surface area contributed by atoms with Gasteiger partial charge in [0.2, 0.25) is 0 Å². The van der Waals surface area contributed by atoms with Crippen molar-refractivity contribution < 1.29 is 9.90 Å². The van der Waals surface area contributed by atoms with Gasteiger partial charge in [-0.05, 0) is 38.3 Å². The van der Waals surface area contributed by atoms with Gasteiger partial charge in [-0.2, -0.15) is 11.8 Å². The lowest BCUT2D eigenvalue weighted by Crippen LogP contribution is -2.49. The third kappa shape index (κ3) is 4.86. The Morgan fingerprint density at radius 1 is 1.57 bits per heavy atom. The minimum atomic E-state index is -0.747. The minimum absolute atomic E-state index is 0.682. The van der Waals surface area contributed by atoms with Crippen LogP contribution in [0.3, 0.4) is 0 Å². The second kappa shape index (κ2) is 7.12. The summed E-state index contributed by atoms with van der Waals surface area (Å²) in [6.45, 7) is 4.55. The molecule has 84 valence electrons. The number of hydrogen-bond donors (Lipinski definition) is 2. The summed E-state index contributed by atoms with van der Waals surface area (Å²) < 4.78 is 0. The van der Waals surface area contributed by atoms with E-state index < -0.39 is 11.5 Å². The average molecular weight is 219 g/mol. The van der Waals surface area contributed by atoms with Crippen LogP contribution in [0.2, 0.25) is 0 Å². The number of rotatable bonds is 8. The maximum Gasteiger partial charge on any atom is 0.323 e. The Balaban J connectivity index is 3.90. The third-order valence-corrected chi connectivity index (χ3v) is 2.96. The molecule has 0 aliphatic rings. The van der Waals surface area contributed by atoms with Crippen LogP contribution in [-0.2, 0) is 4.79 Å². The second-order valence-corrected chi connectivity index (χ2v) is 4.65.